The minimum Gasteiger partial charge on any atom is -0.481 e. The van der Waals surface area contributed by atoms with Gasteiger partial charge in [0.05, 0.1) is 11.2 Å². The van der Waals surface area contributed by atoms with Crippen LogP contribution in [0.5, 0.6) is 0 Å². The molecule has 7 heteroatoms. The Kier molecular flexibility index (Phi) is 7.64. The zero-order valence-corrected chi connectivity index (χ0v) is 12.4. The molecule has 1 aromatic rings. The van der Waals surface area contributed by atoms with Gasteiger partial charge in [-0.3, -0.25) is 4.79 Å². The zero-order chi connectivity index (χ0) is 14.8. The van der Waals surface area contributed by atoms with Crippen molar-refractivity contribution < 1.29 is 14.7 Å². The smallest absolute Gasteiger partial charge is 0.314 e. The molecule has 0 fully saturated rings. The maximum atomic E-state index is 11.5. The average molecular weight is 299 g/mol. The molecule has 6 nitrogen and oxygen atoms in total. The molecule has 3 N–H and O–H groups in total. The number of hydrogen-bond acceptors (Lipinski definition) is 4. The number of rotatable bonds is 9. The predicted molar refractivity (Wildman–Crippen MR) is 77.9 cm³/mol. The van der Waals surface area contributed by atoms with Gasteiger partial charge in [-0.05, 0) is 18.8 Å². The number of hydrogen-bond donors (Lipinski definition) is 3. The lowest BCUT2D eigenvalue weighted by atomic mass is 10.0. The van der Waals surface area contributed by atoms with Gasteiger partial charge in [-0.25, -0.2) is 9.78 Å². The number of nitrogens with zero attached hydrogens (tertiary/aromatic N) is 1. The highest BCUT2D eigenvalue weighted by Crippen LogP contribution is 2.08. The van der Waals surface area contributed by atoms with Crippen LogP contribution in [0.3, 0.4) is 0 Å². The first-order valence-electron chi connectivity index (χ1n) is 6.68. The molecule has 1 unspecified atom stereocenters. The molecule has 1 rings (SSSR count). The Labute approximate surface area is 122 Å². The second-order valence-electron chi connectivity index (χ2n) is 4.74. The van der Waals surface area contributed by atoms with Gasteiger partial charge in [0.2, 0.25) is 0 Å². The van der Waals surface area contributed by atoms with E-state index in [-0.39, 0.29) is 12.5 Å². The summed E-state index contributed by atoms with van der Waals surface area (Å²) in [6.07, 6.45) is 2.34. The summed E-state index contributed by atoms with van der Waals surface area (Å²) in [4.78, 5) is 26.0. The summed E-state index contributed by atoms with van der Waals surface area (Å²) in [5.74, 6) is -0.481. The number of thiazole rings is 1. The van der Waals surface area contributed by atoms with E-state index >= 15 is 0 Å². The number of aliphatic carboxylic acids is 1. The van der Waals surface area contributed by atoms with E-state index in [1.165, 1.54) is 0 Å². The van der Waals surface area contributed by atoms with E-state index < -0.39 is 5.97 Å². The lowest BCUT2D eigenvalue weighted by molar-refractivity contribution is -0.137. The van der Waals surface area contributed by atoms with Gasteiger partial charge in [0, 0.05) is 31.3 Å². The molecule has 112 valence electrons. The summed E-state index contributed by atoms with van der Waals surface area (Å²) in [6, 6.07) is -0.189. The molecule has 0 aromatic carbocycles. The molecule has 0 aliphatic heterocycles. The summed E-state index contributed by atoms with van der Waals surface area (Å²) < 4.78 is 0. The monoisotopic (exact) mass is 299 g/mol. The third-order valence-corrected chi connectivity index (χ3v) is 3.56. The number of nitrogens with one attached hydrogen (secondary N) is 2. The van der Waals surface area contributed by atoms with Gasteiger partial charge in [0.15, 0.2) is 0 Å². The predicted octanol–water partition coefficient (Wildman–Crippen LogP) is 1.88. The van der Waals surface area contributed by atoms with E-state index in [0.717, 1.165) is 18.5 Å². The van der Waals surface area contributed by atoms with Gasteiger partial charge in [0.25, 0.3) is 0 Å². The van der Waals surface area contributed by atoms with Crippen LogP contribution in [0.4, 0.5) is 4.79 Å². The Balaban J connectivity index is 2.00. The van der Waals surface area contributed by atoms with E-state index in [1.807, 2.05) is 12.3 Å². The average Bonchev–Trinajstić information content (AvgIpc) is 2.89. The van der Waals surface area contributed by atoms with Crippen molar-refractivity contribution >= 4 is 23.3 Å². The van der Waals surface area contributed by atoms with Crippen molar-refractivity contribution in [3.8, 4) is 0 Å². The number of carbonyl (C=O) groups excluding carboxylic acids is 1. The van der Waals surface area contributed by atoms with Crippen molar-refractivity contribution in [3.05, 3.63) is 16.6 Å². The summed E-state index contributed by atoms with van der Waals surface area (Å²) in [7, 11) is 0. The number of carboxylic acid groups (broad SMARTS) is 1. The summed E-state index contributed by atoms with van der Waals surface area (Å²) in [6.45, 7) is 3.11. The van der Waals surface area contributed by atoms with E-state index in [0.29, 0.717) is 25.4 Å². The number of urea groups is 1. The highest BCUT2D eigenvalue weighted by molar-refractivity contribution is 7.07. The fraction of sp³-hybridized carbons (Fsp3) is 0.615. The Morgan fingerprint density at radius 1 is 1.35 bits per heavy atom. The van der Waals surface area contributed by atoms with Crippen LogP contribution in [0.15, 0.2) is 10.9 Å². The molecule has 0 saturated heterocycles. The molecule has 0 spiro atoms. The van der Waals surface area contributed by atoms with E-state index in [9.17, 15) is 9.59 Å². The Bertz CT molecular complexity index is 409. The molecule has 0 bridgehead atoms. The molecule has 2 amide bonds. The largest absolute Gasteiger partial charge is 0.481 e. The molecule has 0 radical (unpaired) electrons. The third-order valence-electron chi connectivity index (χ3n) is 2.92. The standard InChI is InChI=1S/C13H21N3O3S/c1-10(2-3-12(17)18)4-6-14-13(19)15-7-5-11-8-20-9-16-11/h8-10H,2-7H2,1H3,(H,17,18)(H2,14,15,19). The van der Waals surface area contributed by atoms with Crippen molar-refractivity contribution in [1.82, 2.24) is 15.6 Å². The summed E-state index contributed by atoms with van der Waals surface area (Å²) in [5.41, 5.74) is 2.76. The van der Waals surface area contributed by atoms with Gasteiger partial charge in [0.1, 0.15) is 0 Å². The van der Waals surface area contributed by atoms with Crippen molar-refractivity contribution in [1.29, 1.82) is 0 Å². The molecular weight excluding hydrogens is 278 g/mol. The molecule has 1 heterocycles. The maximum absolute atomic E-state index is 11.5. The topological polar surface area (TPSA) is 91.3 Å². The first kappa shape index (κ1) is 16.4. The van der Waals surface area contributed by atoms with Crippen LogP contribution < -0.4 is 10.6 Å². The minimum absolute atomic E-state index is 0.182. The molecule has 1 atom stereocenters. The van der Waals surface area contributed by atoms with Crippen LogP contribution in [0.2, 0.25) is 0 Å². The lowest BCUT2D eigenvalue weighted by Gasteiger charge is -2.11. The van der Waals surface area contributed by atoms with Crippen LogP contribution in [0.25, 0.3) is 0 Å². The first-order chi connectivity index (χ1) is 9.58. The van der Waals surface area contributed by atoms with Crippen LogP contribution in [0, 0.1) is 5.92 Å². The molecule has 0 aliphatic carbocycles. The number of aromatic nitrogens is 1. The number of carbonyl (C=O) groups is 2. The van der Waals surface area contributed by atoms with Crippen molar-refractivity contribution in [2.75, 3.05) is 13.1 Å². The fourth-order valence-corrected chi connectivity index (χ4v) is 2.27. The van der Waals surface area contributed by atoms with E-state index in [4.69, 9.17) is 5.11 Å². The molecule has 1 aromatic heterocycles. The Morgan fingerprint density at radius 3 is 2.75 bits per heavy atom. The highest BCUT2D eigenvalue weighted by Gasteiger charge is 2.06. The minimum atomic E-state index is -0.774. The van der Waals surface area contributed by atoms with E-state index in [2.05, 4.69) is 15.6 Å². The second-order valence-corrected chi connectivity index (χ2v) is 5.46. The van der Waals surface area contributed by atoms with Crippen LogP contribution in [-0.2, 0) is 11.2 Å². The quantitative estimate of drug-likeness (QED) is 0.649. The van der Waals surface area contributed by atoms with Crippen LogP contribution in [0.1, 0.15) is 31.9 Å². The van der Waals surface area contributed by atoms with Crippen LogP contribution >= 0.6 is 11.3 Å². The highest BCUT2D eigenvalue weighted by atomic mass is 32.1. The van der Waals surface area contributed by atoms with Crippen molar-refractivity contribution in [3.63, 3.8) is 0 Å². The first-order valence-corrected chi connectivity index (χ1v) is 7.62. The van der Waals surface area contributed by atoms with Gasteiger partial charge in [-0.1, -0.05) is 6.92 Å². The van der Waals surface area contributed by atoms with Gasteiger partial charge in [-0.2, -0.15) is 0 Å². The number of carboxylic acids is 1. The van der Waals surface area contributed by atoms with Crippen molar-refractivity contribution in [2.45, 2.75) is 32.6 Å². The second kappa shape index (κ2) is 9.30. The van der Waals surface area contributed by atoms with Crippen LogP contribution in [-0.4, -0.2) is 35.2 Å². The fourth-order valence-electron chi connectivity index (χ4n) is 1.67. The van der Waals surface area contributed by atoms with Crippen molar-refractivity contribution in [2.24, 2.45) is 5.92 Å². The lowest BCUT2D eigenvalue weighted by Crippen LogP contribution is -2.37. The summed E-state index contributed by atoms with van der Waals surface area (Å²) in [5, 5.41) is 16.1. The Morgan fingerprint density at radius 2 is 2.10 bits per heavy atom. The molecule has 0 aliphatic rings. The summed E-state index contributed by atoms with van der Waals surface area (Å²) >= 11 is 1.54. The SMILES string of the molecule is CC(CCNC(=O)NCCc1cscn1)CCC(=O)O. The van der Waals surface area contributed by atoms with E-state index in [1.54, 1.807) is 16.8 Å². The van der Waals surface area contributed by atoms with Gasteiger partial charge in [-0.15, -0.1) is 11.3 Å². The number of amides is 2. The van der Waals surface area contributed by atoms with Gasteiger partial charge >= 0.3 is 12.0 Å². The normalized spacial score (nSPS) is 11.8. The molecule has 20 heavy (non-hydrogen) atoms. The maximum Gasteiger partial charge on any atom is 0.314 e. The van der Waals surface area contributed by atoms with Gasteiger partial charge < -0.3 is 15.7 Å². The molecule has 0 saturated carbocycles. The zero-order valence-electron chi connectivity index (χ0n) is 11.6. The Hall–Kier alpha value is -1.63. The molecular formula is C13H21N3O3S. The third kappa shape index (κ3) is 7.73.